The second-order valence-electron chi connectivity index (χ2n) is 4.13. The van der Waals surface area contributed by atoms with E-state index in [4.69, 9.17) is 5.73 Å². The highest BCUT2D eigenvalue weighted by molar-refractivity contribution is 5.15. The molecule has 0 amide bonds. The molecular weight excluding hydrogens is 162 g/mol. The van der Waals surface area contributed by atoms with Crippen molar-refractivity contribution in [2.24, 2.45) is 5.73 Å². The largest absolute Gasteiger partial charge is 0.328 e. The number of hydrogen-bond donors (Lipinski definition) is 2. The van der Waals surface area contributed by atoms with Crippen molar-refractivity contribution >= 4 is 0 Å². The summed E-state index contributed by atoms with van der Waals surface area (Å²) in [5.41, 5.74) is 8.12. The summed E-state index contributed by atoms with van der Waals surface area (Å²) >= 11 is 0. The summed E-state index contributed by atoms with van der Waals surface area (Å²) in [6.45, 7) is 2.02. The quantitative estimate of drug-likeness (QED) is 0.740. The SMILES string of the molecule is CC(N)Cc1cc(C2CCC2)n[nH]1. The summed E-state index contributed by atoms with van der Waals surface area (Å²) in [5, 5.41) is 7.37. The molecule has 1 atom stereocenters. The third-order valence-corrected chi connectivity index (χ3v) is 2.72. The van der Waals surface area contributed by atoms with Gasteiger partial charge in [-0.15, -0.1) is 0 Å². The van der Waals surface area contributed by atoms with Crippen molar-refractivity contribution in [3.8, 4) is 0 Å². The predicted octanol–water partition coefficient (Wildman–Crippen LogP) is 1.57. The van der Waals surface area contributed by atoms with Gasteiger partial charge in [0.15, 0.2) is 0 Å². The zero-order valence-corrected chi connectivity index (χ0v) is 8.09. The van der Waals surface area contributed by atoms with Crippen LogP contribution in [0.2, 0.25) is 0 Å². The fourth-order valence-corrected chi connectivity index (χ4v) is 1.74. The summed E-state index contributed by atoms with van der Waals surface area (Å²) < 4.78 is 0. The molecule has 1 saturated carbocycles. The van der Waals surface area contributed by atoms with Crippen LogP contribution in [0.25, 0.3) is 0 Å². The number of nitrogens with one attached hydrogen (secondary N) is 1. The molecule has 72 valence electrons. The molecule has 1 fully saturated rings. The Morgan fingerprint density at radius 2 is 2.46 bits per heavy atom. The van der Waals surface area contributed by atoms with Crippen molar-refractivity contribution < 1.29 is 0 Å². The van der Waals surface area contributed by atoms with Crippen LogP contribution in [0.1, 0.15) is 43.5 Å². The molecule has 1 heterocycles. The normalized spacial score (nSPS) is 19.8. The molecule has 13 heavy (non-hydrogen) atoms. The third kappa shape index (κ3) is 1.91. The van der Waals surface area contributed by atoms with E-state index in [1.807, 2.05) is 6.92 Å². The number of aromatic amines is 1. The summed E-state index contributed by atoms with van der Waals surface area (Å²) in [5.74, 6) is 0.720. The highest BCUT2D eigenvalue weighted by Crippen LogP contribution is 2.35. The topological polar surface area (TPSA) is 54.7 Å². The molecule has 1 aromatic rings. The van der Waals surface area contributed by atoms with Gasteiger partial charge in [0.25, 0.3) is 0 Å². The lowest BCUT2D eigenvalue weighted by Crippen LogP contribution is -2.17. The van der Waals surface area contributed by atoms with E-state index in [1.165, 1.54) is 30.7 Å². The summed E-state index contributed by atoms with van der Waals surface area (Å²) in [6.07, 6.45) is 4.88. The van der Waals surface area contributed by atoms with Gasteiger partial charge in [0.2, 0.25) is 0 Å². The molecule has 0 saturated heterocycles. The van der Waals surface area contributed by atoms with E-state index in [-0.39, 0.29) is 6.04 Å². The molecule has 3 heteroatoms. The zero-order chi connectivity index (χ0) is 9.26. The highest BCUT2D eigenvalue weighted by atomic mass is 15.1. The number of nitrogens with two attached hydrogens (primary N) is 1. The van der Waals surface area contributed by atoms with Gasteiger partial charge in [-0.25, -0.2) is 0 Å². The van der Waals surface area contributed by atoms with Gasteiger partial charge in [-0.05, 0) is 25.8 Å². The molecule has 1 aromatic heterocycles. The molecule has 1 aliphatic carbocycles. The Balaban J connectivity index is 2.00. The van der Waals surface area contributed by atoms with E-state index in [0.29, 0.717) is 0 Å². The van der Waals surface area contributed by atoms with Crippen LogP contribution in [-0.4, -0.2) is 16.2 Å². The Bertz CT molecular complexity index is 273. The predicted molar refractivity (Wildman–Crippen MR) is 52.5 cm³/mol. The number of nitrogens with zero attached hydrogens (tertiary/aromatic N) is 1. The Kier molecular flexibility index (Phi) is 2.36. The summed E-state index contributed by atoms with van der Waals surface area (Å²) in [4.78, 5) is 0. The van der Waals surface area contributed by atoms with Gasteiger partial charge in [0, 0.05) is 24.1 Å². The lowest BCUT2D eigenvalue weighted by Gasteiger charge is -2.22. The van der Waals surface area contributed by atoms with E-state index in [9.17, 15) is 0 Å². The van der Waals surface area contributed by atoms with Crippen LogP contribution in [0.15, 0.2) is 6.07 Å². The zero-order valence-electron chi connectivity index (χ0n) is 8.09. The van der Waals surface area contributed by atoms with Crippen molar-refractivity contribution in [2.75, 3.05) is 0 Å². The van der Waals surface area contributed by atoms with Crippen molar-refractivity contribution in [1.29, 1.82) is 0 Å². The van der Waals surface area contributed by atoms with Crippen molar-refractivity contribution in [1.82, 2.24) is 10.2 Å². The van der Waals surface area contributed by atoms with Gasteiger partial charge in [-0.3, -0.25) is 5.10 Å². The minimum absolute atomic E-state index is 0.217. The number of H-pyrrole nitrogens is 1. The Morgan fingerprint density at radius 3 is 3.00 bits per heavy atom. The first-order chi connectivity index (χ1) is 6.25. The molecular formula is C10H17N3. The smallest absolute Gasteiger partial charge is 0.0655 e. The van der Waals surface area contributed by atoms with E-state index >= 15 is 0 Å². The first-order valence-electron chi connectivity index (χ1n) is 5.05. The van der Waals surface area contributed by atoms with Gasteiger partial charge in [0.05, 0.1) is 5.69 Å². The van der Waals surface area contributed by atoms with Crippen LogP contribution in [0.3, 0.4) is 0 Å². The molecule has 0 aromatic carbocycles. The monoisotopic (exact) mass is 179 g/mol. The summed E-state index contributed by atoms with van der Waals surface area (Å²) in [6, 6.07) is 2.39. The average molecular weight is 179 g/mol. The van der Waals surface area contributed by atoms with E-state index in [1.54, 1.807) is 0 Å². The van der Waals surface area contributed by atoms with Crippen LogP contribution >= 0.6 is 0 Å². The molecule has 3 nitrogen and oxygen atoms in total. The minimum atomic E-state index is 0.217. The van der Waals surface area contributed by atoms with Crippen LogP contribution in [0.4, 0.5) is 0 Å². The van der Waals surface area contributed by atoms with Crippen molar-refractivity contribution in [3.05, 3.63) is 17.5 Å². The lowest BCUT2D eigenvalue weighted by atomic mass is 9.83. The first-order valence-corrected chi connectivity index (χ1v) is 5.05. The van der Waals surface area contributed by atoms with Crippen LogP contribution < -0.4 is 5.73 Å². The molecule has 0 bridgehead atoms. The maximum absolute atomic E-state index is 5.71. The molecule has 3 N–H and O–H groups in total. The van der Waals surface area contributed by atoms with Crippen molar-refractivity contribution in [3.63, 3.8) is 0 Å². The molecule has 0 aliphatic heterocycles. The third-order valence-electron chi connectivity index (χ3n) is 2.72. The highest BCUT2D eigenvalue weighted by Gasteiger charge is 2.21. The number of aromatic nitrogens is 2. The average Bonchev–Trinajstić information content (AvgIpc) is 2.31. The minimum Gasteiger partial charge on any atom is -0.328 e. The van der Waals surface area contributed by atoms with Crippen molar-refractivity contribution in [2.45, 2.75) is 44.6 Å². The van der Waals surface area contributed by atoms with Crippen LogP contribution in [-0.2, 0) is 6.42 Å². The molecule has 0 radical (unpaired) electrons. The maximum atomic E-state index is 5.71. The van der Waals surface area contributed by atoms with E-state index in [2.05, 4.69) is 16.3 Å². The fourth-order valence-electron chi connectivity index (χ4n) is 1.74. The fraction of sp³-hybridized carbons (Fsp3) is 0.700. The molecule has 2 rings (SSSR count). The standard InChI is InChI=1S/C10H17N3/c1-7(11)5-9-6-10(13-12-9)8-3-2-4-8/h6-8H,2-5,11H2,1H3,(H,12,13). The second-order valence-corrected chi connectivity index (χ2v) is 4.13. The number of rotatable bonds is 3. The van der Waals surface area contributed by atoms with Crippen LogP contribution in [0.5, 0.6) is 0 Å². The van der Waals surface area contributed by atoms with E-state index < -0.39 is 0 Å². The van der Waals surface area contributed by atoms with Gasteiger partial charge in [-0.2, -0.15) is 5.10 Å². The summed E-state index contributed by atoms with van der Waals surface area (Å²) in [7, 11) is 0. The van der Waals surface area contributed by atoms with Gasteiger partial charge in [0.1, 0.15) is 0 Å². The number of hydrogen-bond acceptors (Lipinski definition) is 2. The molecule has 1 unspecified atom stereocenters. The maximum Gasteiger partial charge on any atom is 0.0655 e. The Hall–Kier alpha value is -0.830. The van der Waals surface area contributed by atoms with Gasteiger partial charge in [-0.1, -0.05) is 6.42 Å². The van der Waals surface area contributed by atoms with Crippen LogP contribution in [0, 0.1) is 0 Å². The molecule has 0 spiro atoms. The Labute approximate surface area is 78.7 Å². The Morgan fingerprint density at radius 1 is 1.69 bits per heavy atom. The lowest BCUT2D eigenvalue weighted by molar-refractivity contribution is 0.410. The second kappa shape index (κ2) is 3.50. The van der Waals surface area contributed by atoms with E-state index in [0.717, 1.165) is 12.3 Å². The molecule has 1 aliphatic rings. The van der Waals surface area contributed by atoms with Gasteiger partial charge >= 0.3 is 0 Å². The van der Waals surface area contributed by atoms with Gasteiger partial charge < -0.3 is 5.73 Å². The first kappa shape index (κ1) is 8.75.